The fourth-order valence-electron chi connectivity index (χ4n) is 3.45. The molecule has 0 aliphatic carbocycles. The number of methoxy groups -OCH3 is 1. The summed E-state index contributed by atoms with van der Waals surface area (Å²) in [6, 6.07) is 8.31. The van der Waals surface area contributed by atoms with E-state index in [1.807, 2.05) is 12.1 Å². The van der Waals surface area contributed by atoms with Crippen molar-refractivity contribution in [3.8, 4) is 5.75 Å². The average Bonchev–Trinajstić information content (AvgIpc) is 3.21. The zero-order valence-corrected chi connectivity index (χ0v) is 13.5. The molecule has 0 amide bonds. The van der Waals surface area contributed by atoms with E-state index in [4.69, 9.17) is 14.2 Å². The number of para-hydroxylation sites is 1. The van der Waals surface area contributed by atoms with Gasteiger partial charge in [0.05, 0.1) is 19.8 Å². The van der Waals surface area contributed by atoms with E-state index in [1.54, 1.807) is 7.11 Å². The highest BCUT2D eigenvalue weighted by Crippen LogP contribution is 2.23. The van der Waals surface area contributed by atoms with Crippen molar-refractivity contribution in [1.29, 1.82) is 0 Å². The topological polar surface area (TPSA) is 30.9 Å². The molecule has 2 saturated heterocycles. The third-order valence-corrected chi connectivity index (χ3v) is 4.61. The highest BCUT2D eigenvalue weighted by atomic mass is 16.5. The van der Waals surface area contributed by atoms with Gasteiger partial charge in [0.1, 0.15) is 5.75 Å². The molecule has 3 rings (SSSR count). The zero-order chi connectivity index (χ0) is 15.2. The van der Waals surface area contributed by atoms with Crippen LogP contribution in [0.3, 0.4) is 0 Å². The van der Waals surface area contributed by atoms with Gasteiger partial charge in [-0.25, -0.2) is 0 Å². The van der Waals surface area contributed by atoms with E-state index in [1.165, 1.54) is 24.8 Å². The van der Waals surface area contributed by atoms with Crippen LogP contribution in [-0.4, -0.2) is 51.0 Å². The first-order chi connectivity index (χ1) is 10.8. The standard InChI is InChI=1S/C18H27NO3/c1-20-18-7-3-2-5-16(18)12-19(11-15-8-10-21-14-15)13-17-6-4-9-22-17/h2-3,5,7,15,17H,4,6,8-14H2,1H3/t15-,17+/m1/s1. The summed E-state index contributed by atoms with van der Waals surface area (Å²) in [5.74, 6) is 1.62. The molecule has 1 aromatic carbocycles. The second-order valence-electron chi connectivity index (χ2n) is 6.37. The van der Waals surface area contributed by atoms with Crippen LogP contribution in [0.4, 0.5) is 0 Å². The van der Waals surface area contributed by atoms with Gasteiger partial charge in [0.2, 0.25) is 0 Å². The third-order valence-electron chi connectivity index (χ3n) is 4.61. The summed E-state index contributed by atoms with van der Waals surface area (Å²) in [6.45, 7) is 5.73. The predicted molar refractivity (Wildman–Crippen MR) is 86.2 cm³/mol. The Morgan fingerprint density at radius 2 is 2.09 bits per heavy atom. The lowest BCUT2D eigenvalue weighted by Gasteiger charge is -2.28. The Labute approximate surface area is 133 Å². The van der Waals surface area contributed by atoms with Crippen molar-refractivity contribution in [2.24, 2.45) is 5.92 Å². The monoisotopic (exact) mass is 305 g/mol. The molecular formula is C18H27NO3. The maximum absolute atomic E-state index is 5.84. The van der Waals surface area contributed by atoms with Crippen LogP contribution in [0, 0.1) is 5.92 Å². The highest BCUT2D eigenvalue weighted by Gasteiger charge is 2.24. The van der Waals surface area contributed by atoms with Gasteiger partial charge in [-0.3, -0.25) is 4.90 Å². The zero-order valence-electron chi connectivity index (χ0n) is 13.5. The molecule has 2 aliphatic rings. The minimum Gasteiger partial charge on any atom is -0.496 e. The predicted octanol–water partition coefficient (Wildman–Crippen LogP) is 2.71. The molecule has 4 nitrogen and oxygen atoms in total. The second kappa shape index (κ2) is 7.95. The smallest absolute Gasteiger partial charge is 0.123 e. The lowest BCUT2D eigenvalue weighted by molar-refractivity contribution is 0.0628. The van der Waals surface area contributed by atoms with Gasteiger partial charge in [0.15, 0.2) is 0 Å². The van der Waals surface area contributed by atoms with Gasteiger partial charge in [-0.2, -0.15) is 0 Å². The fourth-order valence-corrected chi connectivity index (χ4v) is 3.45. The summed E-state index contributed by atoms with van der Waals surface area (Å²) in [5, 5.41) is 0. The van der Waals surface area contributed by atoms with Crippen LogP contribution in [-0.2, 0) is 16.0 Å². The van der Waals surface area contributed by atoms with Gasteiger partial charge in [0, 0.05) is 38.4 Å². The molecule has 2 heterocycles. The average molecular weight is 305 g/mol. The molecule has 0 spiro atoms. The quantitative estimate of drug-likeness (QED) is 0.775. The summed E-state index contributed by atoms with van der Waals surface area (Å²) in [7, 11) is 1.74. The number of benzene rings is 1. The molecule has 122 valence electrons. The molecule has 0 saturated carbocycles. The minimum absolute atomic E-state index is 0.386. The Hall–Kier alpha value is -1.10. The van der Waals surface area contributed by atoms with Crippen LogP contribution in [0.5, 0.6) is 5.75 Å². The normalized spacial score (nSPS) is 25.0. The molecule has 0 bridgehead atoms. The van der Waals surface area contributed by atoms with Crippen molar-refractivity contribution < 1.29 is 14.2 Å². The van der Waals surface area contributed by atoms with Crippen molar-refractivity contribution in [2.75, 3.05) is 40.0 Å². The van der Waals surface area contributed by atoms with Gasteiger partial charge in [-0.1, -0.05) is 18.2 Å². The maximum Gasteiger partial charge on any atom is 0.123 e. The van der Waals surface area contributed by atoms with Gasteiger partial charge in [-0.05, 0) is 31.2 Å². The molecule has 2 aliphatic heterocycles. The van der Waals surface area contributed by atoms with Gasteiger partial charge in [0.25, 0.3) is 0 Å². The maximum atomic E-state index is 5.84. The van der Waals surface area contributed by atoms with E-state index in [0.29, 0.717) is 12.0 Å². The van der Waals surface area contributed by atoms with E-state index in [9.17, 15) is 0 Å². The van der Waals surface area contributed by atoms with Gasteiger partial charge >= 0.3 is 0 Å². The number of rotatable bonds is 7. The molecule has 0 N–H and O–H groups in total. The Bertz CT molecular complexity index is 435. The minimum atomic E-state index is 0.386. The van der Waals surface area contributed by atoms with Crippen LogP contribution in [0.2, 0.25) is 0 Å². The molecule has 2 atom stereocenters. The summed E-state index contributed by atoms with van der Waals surface area (Å²) < 4.78 is 16.9. The molecule has 1 aromatic rings. The molecular weight excluding hydrogens is 278 g/mol. The summed E-state index contributed by atoms with van der Waals surface area (Å²) in [4.78, 5) is 2.52. The molecule has 0 radical (unpaired) electrons. The van der Waals surface area contributed by atoms with Crippen molar-refractivity contribution in [3.05, 3.63) is 29.8 Å². The van der Waals surface area contributed by atoms with Gasteiger partial charge in [-0.15, -0.1) is 0 Å². The Balaban J connectivity index is 1.65. The molecule has 22 heavy (non-hydrogen) atoms. The number of hydrogen-bond donors (Lipinski definition) is 0. The number of nitrogens with zero attached hydrogens (tertiary/aromatic N) is 1. The molecule has 0 aromatic heterocycles. The SMILES string of the molecule is COc1ccccc1CN(C[C@H]1CCOC1)C[C@@H]1CCCO1. The first-order valence-electron chi connectivity index (χ1n) is 8.38. The fraction of sp³-hybridized carbons (Fsp3) is 0.667. The summed E-state index contributed by atoms with van der Waals surface area (Å²) >= 11 is 0. The molecule has 2 fully saturated rings. The van der Waals surface area contributed by atoms with E-state index < -0.39 is 0 Å². The second-order valence-corrected chi connectivity index (χ2v) is 6.37. The Morgan fingerprint density at radius 1 is 1.18 bits per heavy atom. The van der Waals surface area contributed by atoms with Crippen molar-refractivity contribution in [2.45, 2.75) is 31.9 Å². The van der Waals surface area contributed by atoms with Crippen LogP contribution in [0.15, 0.2) is 24.3 Å². The first-order valence-corrected chi connectivity index (χ1v) is 8.38. The third kappa shape index (κ3) is 4.22. The number of hydrogen-bond acceptors (Lipinski definition) is 4. The van der Waals surface area contributed by atoms with Crippen molar-refractivity contribution in [3.63, 3.8) is 0 Å². The van der Waals surface area contributed by atoms with E-state index >= 15 is 0 Å². The summed E-state index contributed by atoms with van der Waals surface area (Å²) in [6.07, 6.45) is 3.94. The summed E-state index contributed by atoms with van der Waals surface area (Å²) in [5.41, 5.74) is 1.25. The van der Waals surface area contributed by atoms with Gasteiger partial charge < -0.3 is 14.2 Å². The number of ether oxygens (including phenoxy) is 3. The van der Waals surface area contributed by atoms with Crippen LogP contribution < -0.4 is 4.74 Å². The van der Waals surface area contributed by atoms with Crippen LogP contribution in [0.1, 0.15) is 24.8 Å². The highest BCUT2D eigenvalue weighted by molar-refractivity contribution is 5.33. The van der Waals surface area contributed by atoms with E-state index in [-0.39, 0.29) is 0 Å². The lowest BCUT2D eigenvalue weighted by atomic mass is 10.1. The van der Waals surface area contributed by atoms with Crippen LogP contribution >= 0.6 is 0 Å². The Morgan fingerprint density at radius 3 is 2.82 bits per heavy atom. The molecule has 0 unspecified atom stereocenters. The largest absolute Gasteiger partial charge is 0.496 e. The Kier molecular flexibility index (Phi) is 5.70. The first kappa shape index (κ1) is 15.8. The van der Waals surface area contributed by atoms with E-state index in [2.05, 4.69) is 17.0 Å². The molecule has 4 heteroatoms. The van der Waals surface area contributed by atoms with Crippen molar-refractivity contribution >= 4 is 0 Å². The van der Waals surface area contributed by atoms with Crippen molar-refractivity contribution in [1.82, 2.24) is 4.90 Å². The van der Waals surface area contributed by atoms with Crippen LogP contribution in [0.25, 0.3) is 0 Å². The lowest BCUT2D eigenvalue weighted by Crippen LogP contribution is -2.35. The van der Waals surface area contributed by atoms with E-state index in [0.717, 1.165) is 45.2 Å².